The van der Waals surface area contributed by atoms with Crippen molar-refractivity contribution in [1.29, 1.82) is 0 Å². The lowest BCUT2D eigenvalue weighted by atomic mass is 9.87. The molecule has 2 N–H and O–H groups in total. The molecule has 20 heavy (non-hydrogen) atoms. The molecule has 1 aromatic heterocycles. The van der Waals surface area contributed by atoms with E-state index >= 15 is 0 Å². The fraction of sp³-hybridized carbons (Fsp3) is 0.846. The number of rotatable bonds is 3. The number of hydrogen-bond donors (Lipinski definition) is 2. The zero-order chi connectivity index (χ0) is 14.2. The molecule has 1 aromatic rings. The van der Waals surface area contributed by atoms with Crippen molar-refractivity contribution in [3.8, 4) is 0 Å². The summed E-state index contributed by atoms with van der Waals surface area (Å²) in [7, 11) is 0. The van der Waals surface area contributed by atoms with E-state index in [-0.39, 0.29) is 6.04 Å². The molecule has 7 heteroatoms. The quantitative estimate of drug-likeness (QED) is 0.878. The molecule has 2 saturated heterocycles. The maximum atomic E-state index is 10.6. The fourth-order valence-corrected chi connectivity index (χ4v) is 3.53. The third-order valence-electron chi connectivity index (χ3n) is 4.08. The first-order valence-corrected chi connectivity index (χ1v) is 7.88. The Morgan fingerprint density at radius 3 is 2.80 bits per heavy atom. The van der Waals surface area contributed by atoms with Crippen LogP contribution in [-0.4, -0.2) is 52.0 Å². The number of aliphatic hydroxyl groups is 1. The molecule has 0 saturated carbocycles. The number of nitrogens with zero attached hydrogens (tertiary/aromatic N) is 2. The number of aromatic nitrogens is 2. The lowest BCUT2D eigenvalue weighted by Gasteiger charge is -2.35. The van der Waals surface area contributed by atoms with Gasteiger partial charge in [-0.3, -0.25) is 0 Å². The Kier molecular flexibility index (Phi) is 3.94. The van der Waals surface area contributed by atoms with E-state index in [1.807, 2.05) is 0 Å². The van der Waals surface area contributed by atoms with Gasteiger partial charge in [0, 0.05) is 43.5 Å². The minimum absolute atomic E-state index is 0.124. The van der Waals surface area contributed by atoms with Crippen molar-refractivity contribution >= 4 is 16.7 Å². The summed E-state index contributed by atoms with van der Waals surface area (Å²) in [4.78, 5) is 4.45. The van der Waals surface area contributed by atoms with Gasteiger partial charge in [-0.2, -0.15) is 4.37 Å². The molecule has 0 radical (unpaired) electrons. The summed E-state index contributed by atoms with van der Waals surface area (Å²) in [6.07, 6.45) is 0.970. The van der Waals surface area contributed by atoms with Crippen molar-refractivity contribution in [3.63, 3.8) is 0 Å². The number of nitrogens with one attached hydrogen (secondary N) is 1. The van der Waals surface area contributed by atoms with Crippen LogP contribution in [0.1, 0.15) is 38.4 Å². The third kappa shape index (κ3) is 2.55. The highest BCUT2D eigenvalue weighted by molar-refractivity contribution is 7.09. The average Bonchev–Trinajstić information content (AvgIpc) is 3.02. The molecule has 0 aromatic carbocycles. The molecule has 0 amide bonds. The van der Waals surface area contributed by atoms with Crippen LogP contribution in [-0.2, 0) is 9.47 Å². The first-order valence-electron chi connectivity index (χ1n) is 7.11. The maximum absolute atomic E-state index is 10.6. The first-order chi connectivity index (χ1) is 9.61. The Balaban J connectivity index is 1.66. The van der Waals surface area contributed by atoms with Crippen molar-refractivity contribution in [2.45, 2.75) is 50.4 Å². The molecule has 0 unspecified atom stereocenters. The molecule has 2 fully saturated rings. The van der Waals surface area contributed by atoms with Gasteiger partial charge >= 0.3 is 0 Å². The standard InChI is InChI=1S/C13H21N3O3S/c1-8(2)11-15-12(20-16-11)14-9-7-19-13(10(9)17)3-5-18-6-4-13/h8-10,17H,3-7H2,1-2H3,(H,14,15,16)/t9-,10+/m1/s1. The van der Waals surface area contributed by atoms with Gasteiger partial charge < -0.3 is 19.9 Å². The monoisotopic (exact) mass is 299 g/mol. The van der Waals surface area contributed by atoms with Gasteiger partial charge in [-0.25, -0.2) is 4.98 Å². The Bertz CT molecular complexity index is 459. The van der Waals surface area contributed by atoms with Crippen molar-refractivity contribution in [2.75, 3.05) is 25.1 Å². The van der Waals surface area contributed by atoms with Gasteiger partial charge in [0.1, 0.15) is 17.5 Å². The lowest BCUT2D eigenvalue weighted by molar-refractivity contribution is -0.119. The van der Waals surface area contributed by atoms with Gasteiger partial charge in [0.25, 0.3) is 0 Å². The minimum atomic E-state index is -0.530. The van der Waals surface area contributed by atoms with E-state index in [9.17, 15) is 5.11 Å². The molecule has 3 heterocycles. The molecule has 0 aliphatic carbocycles. The molecule has 2 aliphatic heterocycles. The van der Waals surface area contributed by atoms with E-state index in [0.29, 0.717) is 25.7 Å². The van der Waals surface area contributed by atoms with E-state index < -0.39 is 11.7 Å². The molecule has 0 bridgehead atoms. The van der Waals surface area contributed by atoms with Gasteiger partial charge in [-0.05, 0) is 0 Å². The molecule has 6 nitrogen and oxygen atoms in total. The van der Waals surface area contributed by atoms with Crippen LogP contribution in [0.4, 0.5) is 5.13 Å². The van der Waals surface area contributed by atoms with E-state index in [2.05, 4.69) is 28.5 Å². The van der Waals surface area contributed by atoms with Crippen molar-refractivity contribution < 1.29 is 14.6 Å². The zero-order valence-electron chi connectivity index (χ0n) is 11.8. The molecular formula is C13H21N3O3S. The van der Waals surface area contributed by atoms with Crippen molar-refractivity contribution in [1.82, 2.24) is 9.36 Å². The minimum Gasteiger partial charge on any atom is -0.388 e. The predicted molar refractivity (Wildman–Crippen MR) is 76.2 cm³/mol. The normalized spacial score (nSPS) is 29.2. The van der Waals surface area contributed by atoms with Gasteiger partial charge in [0.15, 0.2) is 0 Å². The van der Waals surface area contributed by atoms with Crippen LogP contribution in [0.2, 0.25) is 0 Å². The van der Waals surface area contributed by atoms with E-state index in [1.54, 1.807) is 0 Å². The number of anilines is 1. The Morgan fingerprint density at radius 2 is 2.15 bits per heavy atom. The van der Waals surface area contributed by atoms with Gasteiger partial charge in [-0.1, -0.05) is 13.8 Å². The molecule has 2 atom stereocenters. The van der Waals surface area contributed by atoms with Crippen molar-refractivity contribution in [2.24, 2.45) is 0 Å². The summed E-state index contributed by atoms with van der Waals surface area (Å²) in [5.41, 5.74) is -0.443. The van der Waals surface area contributed by atoms with Gasteiger partial charge in [-0.15, -0.1) is 0 Å². The van der Waals surface area contributed by atoms with Crippen molar-refractivity contribution in [3.05, 3.63) is 5.82 Å². The van der Waals surface area contributed by atoms with Crippen LogP contribution >= 0.6 is 11.5 Å². The number of hydrogen-bond acceptors (Lipinski definition) is 7. The topological polar surface area (TPSA) is 76.5 Å². The van der Waals surface area contributed by atoms with E-state index in [0.717, 1.165) is 23.8 Å². The molecule has 112 valence electrons. The molecule has 2 aliphatic rings. The zero-order valence-corrected chi connectivity index (χ0v) is 12.7. The van der Waals surface area contributed by atoms with E-state index in [4.69, 9.17) is 9.47 Å². The fourth-order valence-electron chi connectivity index (χ4n) is 2.76. The largest absolute Gasteiger partial charge is 0.388 e. The highest BCUT2D eigenvalue weighted by Crippen LogP contribution is 2.36. The first kappa shape index (κ1) is 14.2. The summed E-state index contributed by atoms with van der Waals surface area (Å²) in [5.74, 6) is 1.15. The van der Waals surface area contributed by atoms with Crippen LogP contribution in [0.15, 0.2) is 0 Å². The lowest BCUT2D eigenvalue weighted by Crippen LogP contribution is -2.48. The Labute approximate surface area is 122 Å². The Hall–Kier alpha value is -0.760. The summed E-state index contributed by atoms with van der Waals surface area (Å²) < 4.78 is 15.6. The summed E-state index contributed by atoms with van der Waals surface area (Å²) in [6.45, 7) is 5.94. The maximum Gasteiger partial charge on any atom is 0.202 e. The van der Waals surface area contributed by atoms with Crippen LogP contribution in [0.3, 0.4) is 0 Å². The summed E-state index contributed by atoms with van der Waals surface area (Å²) in [5, 5.41) is 14.6. The summed E-state index contributed by atoms with van der Waals surface area (Å²) >= 11 is 1.34. The van der Waals surface area contributed by atoms with Gasteiger partial charge in [0.05, 0.1) is 12.6 Å². The van der Waals surface area contributed by atoms with Gasteiger partial charge in [0.2, 0.25) is 5.13 Å². The summed E-state index contributed by atoms with van der Waals surface area (Å²) in [6, 6.07) is -0.124. The second-order valence-corrected chi connectivity index (χ2v) is 6.55. The van der Waals surface area contributed by atoms with Crippen LogP contribution in [0, 0.1) is 0 Å². The highest BCUT2D eigenvalue weighted by Gasteiger charge is 2.50. The molecule has 3 rings (SSSR count). The average molecular weight is 299 g/mol. The predicted octanol–water partition coefficient (Wildman–Crippen LogP) is 1.38. The molecule has 1 spiro atoms. The second-order valence-electron chi connectivity index (χ2n) is 5.80. The van der Waals surface area contributed by atoms with Crippen LogP contribution in [0.25, 0.3) is 0 Å². The number of ether oxygens (including phenoxy) is 2. The van der Waals surface area contributed by atoms with E-state index in [1.165, 1.54) is 11.5 Å². The third-order valence-corrected chi connectivity index (χ3v) is 4.74. The van der Waals surface area contributed by atoms with Crippen LogP contribution < -0.4 is 5.32 Å². The highest BCUT2D eigenvalue weighted by atomic mass is 32.1. The molecular weight excluding hydrogens is 278 g/mol. The SMILES string of the molecule is CC(C)c1nsc(N[C@@H]2COC3(CCOCC3)[C@H]2O)n1. The van der Waals surface area contributed by atoms with Crippen LogP contribution in [0.5, 0.6) is 0 Å². The smallest absolute Gasteiger partial charge is 0.202 e. The second kappa shape index (κ2) is 5.55. The Morgan fingerprint density at radius 1 is 1.40 bits per heavy atom. The number of aliphatic hydroxyl groups excluding tert-OH is 1.